The van der Waals surface area contributed by atoms with E-state index in [2.05, 4.69) is 32.0 Å². The summed E-state index contributed by atoms with van der Waals surface area (Å²) >= 11 is 0. The Kier molecular flexibility index (Phi) is 5.22. The molecule has 0 aliphatic carbocycles. The molecule has 2 aliphatic rings. The molecular formula is C22H20N6O. The lowest BCUT2D eigenvalue weighted by Crippen LogP contribution is -2.41. The van der Waals surface area contributed by atoms with Gasteiger partial charge in [-0.05, 0) is 30.5 Å². The van der Waals surface area contributed by atoms with Crippen LogP contribution < -0.4 is 4.90 Å². The minimum atomic E-state index is -0.145. The summed E-state index contributed by atoms with van der Waals surface area (Å²) in [4.78, 5) is 23.6. The standard InChI is InChI=1S/C22H20N6O/c1-2-19-13-21(25-15-24-19)27-10-7-17(8-11-27)22(29)28-20(6-9-26-28)18-5-3-4-16(12-18)14-23/h1,3-5,9,12-13,15,17,20H,6-8,10-11H2. The summed E-state index contributed by atoms with van der Waals surface area (Å²) in [6, 6.07) is 11.2. The molecule has 0 saturated carbocycles. The molecule has 1 saturated heterocycles. The van der Waals surface area contributed by atoms with E-state index in [-0.39, 0.29) is 17.9 Å². The highest BCUT2D eigenvalue weighted by molar-refractivity contribution is 5.82. The zero-order chi connectivity index (χ0) is 20.2. The van der Waals surface area contributed by atoms with Crippen LogP contribution in [0.1, 0.15) is 42.1 Å². The van der Waals surface area contributed by atoms with Crippen molar-refractivity contribution < 1.29 is 4.79 Å². The van der Waals surface area contributed by atoms with Crippen molar-refractivity contribution in [2.75, 3.05) is 18.0 Å². The number of rotatable bonds is 3. The number of benzene rings is 1. The van der Waals surface area contributed by atoms with Crippen LogP contribution >= 0.6 is 0 Å². The molecule has 4 rings (SSSR count). The molecule has 1 fully saturated rings. The number of hydrogen-bond donors (Lipinski definition) is 0. The molecular weight excluding hydrogens is 364 g/mol. The first-order valence-corrected chi connectivity index (χ1v) is 9.59. The van der Waals surface area contributed by atoms with Gasteiger partial charge >= 0.3 is 0 Å². The third-order valence-corrected chi connectivity index (χ3v) is 5.42. The number of carbonyl (C=O) groups excluding carboxylic acids is 1. The second-order valence-corrected chi connectivity index (χ2v) is 7.14. The number of anilines is 1. The van der Waals surface area contributed by atoms with Crippen molar-refractivity contribution in [2.24, 2.45) is 11.0 Å². The summed E-state index contributed by atoms with van der Waals surface area (Å²) in [5, 5.41) is 15.1. The fraction of sp³-hybridized carbons (Fsp3) is 0.318. The number of hydrazone groups is 1. The first kappa shape index (κ1) is 18.6. The average molecular weight is 384 g/mol. The van der Waals surface area contributed by atoms with Crippen LogP contribution in [-0.2, 0) is 4.79 Å². The molecule has 0 spiro atoms. The Hall–Kier alpha value is -3.71. The van der Waals surface area contributed by atoms with Crippen molar-refractivity contribution in [3.63, 3.8) is 0 Å². The average Bonchev–Trinajstić information content (AvgIpc) is 3.29. The Balaban J connectivity index is 1.43. The Bertz CT molecular complexity index is 1030. The predicted octanol–water partition coefficient (Wildman–Crippen LogP) is 2.51. The molecule has 0 N–H and O–H groups in total. The van der Waals surface area contributed by atoms with Gasteiger partial charge < -0.3 is 4.90 Å². The highest BCUT2D eigenvalue weighted by atomic mass is 16.2. The Morgan fingerprint density at radius 2 is 2.03 bits per heavy atom. The largest absolute Gasteiger partial charge is 0.356 e. The maximum absolute atomic E-state index is 13.2. The molecule has 0 radical (unpaired) electrons. The topological polar surface area (TPSA) is 85.5 Å². The molecule has 2 aromatic rings. The zero-order valence-corrected chi connectivity index (χ0v) is 15.9. The Morgan fingerprint density at radius 1 is 1.21 bits per heavy atom. The molecule has 7 nitrogen and oxygen atoms in total. The van der Waals surface area contributed by atoms with Gasteiger partial charge in [0.25, 0.3) is 0 Å². The lowest BCUT2D eigenvalue weighted by molar-refractivity contribution is -0.138. The minimum absolute atomic E-state index is 0.0396. The maximum Gasteiger partial charge on any atom is 0.246 e. The van der Waals surface area contributed by atoms with Crippen LogP contribution in [-0.4, -0.2) is 40.2 Å². The van der Waals surface area contributed by atoms with E-state index in [0.717, 1.165) is 37.3 Å². The molecule has 1 amide bonds. The van der Waals surface area contributed by atoms with Gasteiger partial charge in [0.1, 0.15) is 17.8 Å². The van der Waals surface area contributed by atoms with Crippen LogP contribution in [0.3, 0.4) is 0 Å². The van der Waals surface area contributed by atoms with Crippen LogP contribution in [0.25, 0.3) is 0 Å². The Labute approximate surface area is 169 Å². The van der Waals surface area contributed by atoms with Gasteiger partial charge in [-0.25, -0.2) is 15.0 Å². The van der Waals surface area contributed by atoms with Gasteiger partial charge in [-0.15, -0.1) is 6.42 Å². The summed E-state index contributed by atoms with van der Waals surface area (Å²) in [7, 11) is 0. The fourth-order valence-electron chi connectivity index (χ4n) is 3.86. The smallest absolute Gasteiger partial charge is 0.246 e. The van der Waals surface area contributed by atoms with Crippen LogP contribution in [0.4, 0.5) is 5.82 Å². The van der Waals surface area contributed by atoms with Crippen molar-refractivity contribution in [2.45, 2.75) is 25.3 Å². The van der Waals surface area contributed by atoms with Crippen LogP contribution in [0.5, 0.6) is 0 Å². The van der Waals surface area contributed by atoms with Gasteiger partial charge in [-0.3, -0.25) is 4.79 Å². The number of piperidine rings is 1. The summed E-state index contributed by atoms with van der Waals surface area (Å²) in [5.41, 5.74) is 2.09. The third kappa shape index (κ3) is 3.81. The van der Waals surface area contributed by atoms with Crippen molar-refractivity contribution in [1.82, 2.24) is 15.0 Å². The van der Waals surface area contributed by atoms with E-state index < -0.39 is 0 Å². The molecule has 7 heteroatoms. The molecule has 2 aliphatic heterocycles. The van der Waals surface area contributed by atoms with E-state index in [1.165, 1.54) is 6.33 Å². The van der Waals surface area contributed by atoms with Gasteiger partial charge in [0.15, 0.2) is 0 Å². The normalized spacial score (nSPS) is 19.0. The summed E-state index contributed by atoms with van der Waals surface area (Å²) in [6.45, 7) is 1.45. The second-order valence-electron chi connectivity index (χ2n) is 7.14. The summed E-state index contributed by atoms with van der Waals surface area (Å²) in [5.74, 6) is 3.27. The molecule has 1 aromatic heterocycles. The van der Waals surface area contributed by atoms with Crippen molar-refractivity contribution >= 4 is 17.9 Å². The van der Waals surface area contributed by atoms with E-state index in [1.807, 2.05) is 18.2 Å². The molecule has 1 aromatic carbocycles. The zero-order valence-electron chi connectivity index (χ0n) is 15.9. The van der Waals surface area contributed by atoms with E-state index in [4.69, 9.17) is 11.7 Å². The van der Waals surface area contributed by atoms with Crippen molar-refractivity contribution in [3.8, 4) is 18.4 Å². The lowest BCUT2D eigenvalue weighted by atomic mass is 9.94. The Morgan fingerprint density at radius 3 is 2.79 bits per heavy atom. The van der Waals surface area contributed by atoms with Crippen LogP contribution in [0.2, 0.25) is 0 Å². The fourth-order valence-corrected chi connectivity index (χ4v) is 3.86. The van der Waals surface area contributed by atoms with E-state index in [0.29, 0.717) is 17.7 Å². The summed E-state index contributed by atoms with van der Waals surface area (Å²) < 4.78 is 0. The first-order chi connectivity index (χ1) is 14.2. The quantitative estimate of drug-likeness (QED) is 0.759. The highest BCUT2D eigenvalue weighted by Crippen LogP contribution is 2.32. The number of nitriles is 1. The van der Waals surface area contributed by atoms with Crippen LogP contribution in [0.15, 0.2) is 41.8 Å². The second kappa shape index (κ2) is 8.12. The van der Waals surface area contributed by atoms with E-state index >= 15 is 0 Å². The van der Waals surface area contributed by atoms with Gasteiger partial charge in [-0.1, -0.05) is 18.1 Å². The minimum Gasteiger partial charge on any atom is -0.356 e. The first-order valence-electron chi connectivity index (χ1n) is 9.59. The highest BCUT2D eigenvalue weighted by Gasteiger charge is 2.35. The van der Waals surface area contributed by atoms with Crippen LogP contribution in [0, 0.1) is 29.6 Å². The van der Waals surface area contributed by atoms with Gasteiger partial charge in [-0.2, -0.15) is 10.4 Å². The number of hydrogen-bond acceptors (Lipinski definition) is 6. The SMILES string of the molecule is C#Cc1cc(N2CCC(C(=O)N3N=CCC3c3cccc(C#N)c3)CC2)ncn1. The van der Waals surface area contributed by atoms with Crippen molar-refractivity contribution in [3.05, 3.63) is 53.5 Å². The van der Waals surface area contributed by atoms with Gasteiger partial charge in [0.05, 0.1) is 17.7 Å². The molecule has 1 atom stereocenters. The lowest BCUT2D eigenvalue weighted by Gasteiger charge is -2.34. The van der Waals surface area contributed by atoms with Gasteiger partial charge in [0, 0.05) is 37.7 Å². The number of carbonyl (C=O) groups is 1. The number of terminal acetylenes is 1. The monoisotopic (exact) mass is 384 g/mol. The molecule has 0 bridgehead atoms. The van der Waals surface area contributed by atoms with Gasteiger partial charge in [0.2, 0.25) is 5.91 Å². The van der Waals surface area contributed by atoms with E-state index in [1.54, 1.807) is 23.4 Å². The predicted molar refractivity (Wildman–Crippen MR) is 109 cm³/mol. The molecule has 144 valence electrons. The third-order valence-electron chi connectivity index (χ3n) is 5.42. The number of nitrogens with zero attached hydrogens (tertiary/aromatic N) is 6. The van der Waals surface area contributed by atoms with E-state index in [9.17, 15) is 4.79 Å². The van der Waals surface area contributed by atoms with Crippen molar-refractivity contribution in [1.29, 1.82) is 5.26 Å². The number of aromatic nitrogens is 2. The molecule has 1 unspecified atom stereocenters. The molecule has 29 heavy (non-hydrogen) atoms. The number of amides is 1. The maximum atomic E-state index is 13.2. The summed E-state index contributed by atoms with van der Waals surface area (Å²) in [6.07, 6.45) is 10.8. The molecule has 3 heterocycles.